The van der Waals surface area contributed by atoms with Crippen molar-refractivity contribution in [3.8, 4) is 0 Å². The first-order valence-corrected chi connectivity index (χ1v) is 5.87. The fourth-order valence-corrected chi connectivity index (χ4v) is 4.53. The molecule has 11 heavy (non-hydrogen) atoms. The molecule has 1 aliphatic heterocycles. The normalized spacial score (nSPS) is 42.0. The molecule has 2 aliphatic rings. The Balaban J connectivity index is 2.13. The highest BCUT2D eigenvalue weighted by Crippen LogP contribution is 2.51. The van der Waals surface area contributed by atoms with Crippen LogP contribution in [0.3, 0.4) is 0 Å². The van der Waals surface area contributed by atoms with E-state index < -0.39 is 0 Å². The van der Waals surface area contributed by atoms with Crippen molar-refractivity contribution in [3.05, 3.63) is 0 Å². The van der Waals surface area contributed by atoms with E-state index in [1.165, 1.54) is 31.4 Å². The standard InChI is InChI=1S/C10H18S/c1-10(2)6-3-4-9-8(10)5-7-11-9/h8-9H,3-7H2,1-2H3. The van der Waals surface area contributed by atoms with Crippen LogP contribution in [-0.2, 0) is 0 Å². The van der Waals surface area contributed by atoms with Crippen molar-refractivity contribution in [1.82, 2.24) is 0 Å². The van der Waals surface area contributed by atoms with Crippen LogP contribution < -0.4 is 0 Å². The molecule has 2 unspecified atom stereocenters. The van der Waals surface area contributed by atoms with Gasteiger partial charge in [-0.25, -0.2) is 0 Å². The molecule has 2 atom stereocenters. The zero-order chi connectivity index (χ0) is 7.90. The van der Waals surface area contributed by atoms with Crippen LogP contribution in [-0.4, -0.2) is 11.0 Å². The summed E-state index contributed by atoms with van der Waals surface area (Å²) in [6, 6.07) is 0. The predicted molar refractivity (Wildman–Crippen MR) is 52.0 cm³/mol. The Kier molecular flexibility index (Phi) is 1.95. The summed E-state index contributed by atoms with van der Waals surface area (Å²) >= 11 is 2.23. The van der Waals surface area contributed by atoms with E-state index in [0.717, 1.165) is 11.2 Å². The Morgan fingerprint density at radius 2 is 2.09 bits per heavy atom. The van der Waals surface area contributed by atoms with E-state index >= 15 is 0 Å². The maximum absolute atomic E-state index is 2.47. The maximum atomic E-state index is 2.47. The third-order valence-electron chi connectivity index (χ3n) is 3.52. The van der Waals surface area contributed by atoms with E-state index in [1.807, 2.05) is 0 Å². The van der Waals surface area contributed by atoms with Crippen molar-refractivity contribution in [2.45, 2.75) is 44.8 Å². The van der Waals surface area contributed by atoms with Crippen LogP contribution in [0.15, 0.2) is 0 Å². The average Bonchev–Trinajstić information content (AvgIpc) is 2.34. The molecule has 1 aliphatic carbocycles. The highest BCUT2D eigenvalue weighted by atomic mass is 32.2. The average molecular weight is 170 g/mol. The Morgan fingerprint density at radius 3 is 2.82 bits per heavy atom. The molecular weight excluding hydrogens is 152 g/mol. The van der Waals surface area contributed by atoms with Crippen LogP contribution in [0.4, 0.5) is 0 Å². The minimum Gasteiger partial charge on any atom is -0.158 e. The lowest BCUT2D eigenvalue weighted by atomic mass is 9.68. The van der Waals surface area contributed by atoms with Gasteiger partial charge in [-0.3, -0.25) is 0 Å². The quantitative estimate of drug-likeness (QED) is 0.537. The van der Waals surface area contributed by atoms with Crippen molar-refractivity contribution in [1.29, 1.82) is 0 Å². The zero-order valence-corrected chi connectivity index (χ0v) is 8.41. The molecule has 0 nitrogen and oxygen atoms in total. The maximum Gasteiger partial charge on any atom is 0.00807 e. The third-order valence-corrected chi connectivity index (χ3v) is 4.99. The molecule has 1 saturated carbocycles. The molecular formula is C10H18S. The van der Waals surface area contributed by atoms with Crippen molar-refractivity contribution < 1.29 is 0 Å². The van der Waals surface area contributed by atoms with Crippen LogP contribution in [0.1, 0.15) is 39.5 Å². The van der Waals surface area contributed by atoms with E-state index in [2.05, 4.69) is 25.6 Å². The van der Waals surface area contributed by atoms with Gasteiger partial charge in [-0.1, -0.05) is 20.3 Å². The lowest BCUT2D eigenvalue weighted by Crippen LogP contribution is -2.33. The first-order valence-electron chi connectivity index (χ1n) is 4.82. The summed E-state index contributed by atoms with van der Waals surface area (Å²) in [5, 5.41) is 1.03. The number of rotatable bonds is 0. The van der Waals surface area contributed by atoms with Gasteiger partial charge in [0.05, 0.1) is 0 Å². The second-order valence-electron chi connectivity index (χ2n) is 4.69. The van der Waals surface area contributed by atoms with Gasteiger partial charge in [0.25, 0.3) is 0 Å². The van der Waals surface area contributed by atoms with Crippen molar-refractivity contribution in [3.63, 3.8) is 0 Å². The minimum atomic E-state index is 0.659. The van der Waals surface area contributed by atoms with Crippen molar-refractivity contribution in [2.75, 3.05) is 5.75 Å². The second-order valence-corrected chi connectivity index (χ2v) is 6.03. The Bertz CT molecular complexity index is 151. The zero-order valence-electron chi connectivity index (χ0n) is 7.60. The number of thioether (sulfide) groups is 1. The Morgan fingerprint density at radius 1 is 1.27 bits per heavy atom. The van der Waals surface area contributed by atoms with Crippen LogP contribution in [0.25, 0.3) is 0 Å². The van der Waals surface area contributed by atoms with Crippen molar-refractivity contribution in [2.24, 2.45) is 11.3 Å². The van der Waals surface area contributed by atoms with Crippen LogP contribution in [0.2, 0.25) is 0 Å². The topological polar surface area (TPSA) is 0 Å². The first-order chi connectivity index (χ1) is 5.20. The van der Waals surface area contributed by atoms with Gasteiger partial charge >= 0.3 is 0 Å². The van der Waals surface area contributed by atoms with Gasteiger partial charge in [-0.15, -0.1) is 0 Å². The smallest absolute Gasteiger partial charge is 0.00807 e. The molecule has 0 aromatic rings. The first kappa shape index (κ1) is 7.97. The summed E-state index contributed by atoms with van der Waals surface area (Å²) in [7, 11) is 0. The van der Waals surface area contributed by atoms with Crippen LogP contribution in [0, 0.1) is 11.3 Å². The molecule has 0 aromatic heterocycles. The van der Waals surface area contributed by atoms with E-state index in [4.69, 9.17) is 0 Å². The molecule has 0 amide bonds. The lowest BCUT2D eigenvalue weighted by Gasteiger charge is -2.40. The number of hydrogen-bond donors (Lipinski definition) is 0. The lowest BCUT2D eigenvalue weighted by molar-refractivity contribution is 0.149. The van der Waals surface area contributed by atoms with Crippen molar-refractivity contribution >= 4 is 11.8 Å². The summed E-state index contributed by atoms with van der Waals surface area (Å²) in [6.07, 6.45) is 5.93. The fraction of sp³-hybridized carbons (Fsp3) is 1.00. The molecule has 0 bridgehead atoms. The highest BCUT2D eigenvalue weighted by molar-refractivity contribution is 8.00. The van der Waals surface area contributed by atoms with E-state index in [1.54, 1.807) is 0 Å². The molecule has 2 fully saturated rings. The molecule has 1 heterocycles. The van der Waals surface area contributed by atoms with Gasteiger partial charge in [0.15, 0.2) is 0 Å². The van der Waals surface area contributed by atoms with Crippen LogP contribution >= 0.6 is 11.8 Å². The van der Waals surface area contributed by atoms with Gasteiger partial charge in [0.1, 0.15) is 0 Å². The van der Waals surface area contributed by atoms with E-state index in [-0.39, 0.29) is 0 Å². The molecule has 64 valence electrons. The van der Waals surface area contributed by atoms with Gasteiger partial charge in [-0.2, -0.15) is 11.8 Å². The summed E-state index contributed by atoms with van der Waals surface area (Å²) in [4.78, 5) is 0. The fourth-order valence-electron chi connectivity index (χ4n) is 2.77. The van der Waals surface area contributed by atoms with Gasteiger partial charge in [0.2, 0.25) is 0 Å². The SMILES string of the molecule is CC1(C)CCCC2SCCC21. The largest absolute Gasteiger partial charge is 0.158 e. The molecule has 0 aromatic carbocycles. The molecule has 0 N–H and O–H groups in total. The monoisotopic (exact) mass is 170 g/mol. The third kappa shape index (κ3) is 1.32. The summed E-state index contributed by atoms with van der Waals surface area (Å²) < 4.78 is 0. The Hall–Kier alpha value is 0.350. The van der Waals surface area contributed by atoms with Gasteiger partial charge in [-0.05, 0) is 36.3 Å². The van der Waals surface area contributed by atoms with E-state index in [9.17, 15) is 0 Å². The summed E-state index contributed by atoms with van der Waals surface area (Å²) in [5.41, 5.74) is 0.659. The van der Waals surface area contributed by atoms with Gasteiger partial charge in [0, 0.05) is 5.25 Å². The molecule has 1 saturated heterocycles. The minimum absolute atomic E-state index is 0.659. The highest BCUT2D eigenvalue weighted by Gasteiger charge is 2.41. The van der Waals surface area contributed by atoms with E-state index in [0.29, 0.717) is 5.41 Å². The summed E-state index contributed by atoms with van der Waals surface area (Å²) in [6.45, 7) is 4.94. The number of hydrogen-bond acceptors (Lipinski definition) is 1. The van der Waals surface area contributed by atoms with Crippen LogP contribution in [0.5, 0.6) is 0 Å². The predicted octanol–water partition coefficient (Wildman–Crippen LogP) is 3.32. The molecule has 2 rings (SSSR count). The molecule has 0 spiro atoms. The second kappa shape index (κ2) is 2.69. The molecule has 1 heteroatoms. The molecule has 0 radical (unpaired) electrons. The Labute approximate surface area is 74.1 Å². The van der Waals surface area contributed by atoms with Gasteiger partial charge < -0.3 is 0 Å². The summed E-state index contributed by atoms with van der Waals surface area (Å²) in [5.74, 6) is 2.47. The number of fused-ring (bicyclic) bond motifs is 1.